The predicted octanol–water partition coefficient (Wildman–Crippen LogP) is 2.86. The molecule has 1 aromatic carbocycles. The number of nitrogens with two attached hydrogens (primary N) is 1. The monoisotopic (exact) mass is 262 g/mol. The van der Waals surface area contributed by atoms with Gasteiger partial charge in [-0.15, -0.1) is 0 Å². The molecule has 1 atom stereocenters. The smallest absolute Gasteiger partial charge is 0.239 e. The molecule has 0 aromatic heterocycles. The summed E-state index contributed by atoms with van der Waals surface area (Å²) in [6.45, 7) is 7.55. The highest BCUT2D eigenvalue weighted by Crippen LogP contribution is 2.12. The first-order valence-electron chi connectivity index (χ1n) is 7.19. The third-order valence-corrected chi connectivity index (χ3v) is 3.50. The molecule has 3 nitrogen and oxygen atoms in total. The lowest BCUT2D eigenvalue weighted by atomic mass is 10.1. The minimum Gasteiger partial charge on any atom is -0.337 e. The van der Waals surface area contributed by atoms with Crippen molar-refractivity contribution in [2.45, 2.75) is 52.6 Å². The molecule has 0 radical (unpaired) electrons. The van der Waals surface area contributed by atoms with Crippen molar-refractivity contribution >= 4 is 5.91 Å². The van der Waals surface area contributed by atoms with Crippen LogP contribution in [-0.4, -0.2) is 23.4 Å². The molecule has 106 valence electrons. The first kappa shape index (κ1) is 15.7. The lowest BCUT2D eigenvalue weighted by Gasteiger charge is -2.25. The van der Waals surface area contributed by atoms with E-state index >= 15 is 0 Å². The molecular formula is C16H26N2O. The lowest BCUT2D eigenvalue weighted by molar-refractivity contribution is -0.133. The van der Waals surface area contributed by atoms with Gasteiger partial charge < -0.3 is 10.6 Å². The van der Waals surface area contributed by atoms with Gasteiger partial charge >= 0.3 is 0 Å². The van der Waals surface area contributed by atoms with Gasteiger partial charge in [-0.1, -0.05) is 44.0 Å². The number of rotatable bonds is 7. The van der Waals surface area contributed by atoms with Crippen LogP contribution in [0.25, 0.3) is 0 Å². The van der Waals surface area contributed by atoms with E-state index in [2.05, 4.69) is 26.0 Å². The van der Waals surface area contributed by atoms with Gasteiger partial charge in [0.2, 0.25) is 5.91 Å². The van der Waals surface area contributed by atoms with Crippen LogP contribution in [0.4, 0.5) is 0 Å². The van der Waals surface area contributed by atoms with E-state index in [4.69, 9.17) is 5.73 Å². The predicted molar refractivity (Wildman–Crippen MR) is 79.8 cm³/mol. The molecule has 0 aliphatic carbocycles. The third kappa shape index (κ3) is 4.67. The minimum absolute atomic E-state index is 0.0687. The Morgan fingerprint density at radius 2 is 2.00 bits per heavy atom. The Morgan fingerprint density at radius 3 is 2.58 bits per heavy atom. The zero-order chi connectivity index (χ0) is 14.3. The topological polar surface area (TPSA) is 46.3 Å². The number of hydrogen-bond acceptors (Lipinski definition) is 2. The molecule has 19 heavy (non-hydrogen) atoms. The van der Waals surface area contributed by atoms with Crippen LogP contribution in [0.15, 0.2) is 24.3 Å². The molecule has 0 saturated carbocycles. The Bertz CT molecular complexity index is 403. The van der Waals surface area contributed by atoms with Crippen molar-refractivity contribution in [2.75, 3.05) is 6.54 Å². The number of aryl methyl sites for hydroxylation is 1. The Balaban J connectivity index is 2.67. The van der Waals surface area contributed by atoms with Crippen LogP contribution in [0.3, 0.4) is 0 Å². The number of carbonyl (C=O) groups is 1. The summed E-state index contributed by atoms with van der Waals surface area (Å²) in [4.78, 5) is 14.1. The van der Waals surface area contributed by atoms with Crippen LogP contribution in [0, 0.1) is 6.92 Å². The fourth-order valence-corrected chi connectivity index (χ4v) is 2.12. The summed E-state index contributed by atoms with van der Waals surface area (Å²) in [6, 6.07) is 7.82. The summed E-state index contributed by atoms with van der Waals surface area (Å²) >= 11 is 0. The number of hydrogen-bond donors (Lipinski definition) is 1. The number of likely N-dealkylation sites (N-methyl/N-ethyl adjacent to an activating group) is 1. The molecule has 1 aromatic rings. The number of amides is 1. The molecule has 0 bridgehead atoms. The summed E-state index contributed by atoms with van der Waals surface area (Å²) in [7, 11) is 0. The zero-order valence-electron chi connectivity index (χ0n) is 12.4. The van der Waals surface area contributed by atoms with Crippen molar-refractivity contribution in [3.05, 3.63) is 35.4 Å². The van der Waals surface area contributed by atoms with Crippen molar-refractivity contribution in [1.82, 2.24) is 4.90 Å². The summed E-state index contributed by atoms with van der Waals surface area (Å²) in [5.74, 6) is 0.0687. The van der Waals surface area contributed by atoms with Gasteiger partial charge in [-0.05, 0) is 31.4 Å². The average Bonchev–Trinajstić information content (AvgIpc) is 2.43. The molecule has 3 heteroatoms. The Labute approximate surface area is 116 Å². The molecule has 0 saturated heterocycles. The lowest BCUT2D eigenvalue weighted by Crippen LogP contribution is -2.43. The first-order chi connectivity index (χ1) is 9.10. The van der Waals surface area contributed by atoms with Crippen molar-refractivity contribution in [2.24, 2.45) is 5.73 Å². The molecule has 0 unspecified atom stereocenters. The molecule has 0 heterocycles. The highest BCUT2D eigenvalue weighted by atomic mass is 16.2. The van der Waals surface area contributed by atoms with Crippen molar-refractivity contribution in [1.29, 1.82) is 0 Å². The molecule has 1 amide bonds. The quantitative estimate of drug-likeness (QED) is 0.821. The van der Waals surface area contributed by atoms with Gasteiger partial charge in [-0.25, -0.2) is 0 Å². The van der Waals surface area contributed by atoms with E-state index in [1.807, 2.05) is 24.0 Å². The van der Waals surface area contributed by atoms with Crippen LogP contribution >= 0.6 is 0 Å². The number of unbranched alkanes of at least 4 members (excludes halogenated alkanes) is 1. The summed E-state index contributed by atoms with van der Waals surface area (Å²) in [6.07, 6.45) is 2.86. The number of benzene rings is 1. The van der Waals surface area contributed by atoms with Gasteiger partial charge in [0.1, 0.15) is 0 Å². The van der Waals surface area contributed by atoms with Gasteiger partial charge in [0.15, 0.2) is 0 Å². The molecule has 0 aliphatic heterocycles. The van der Waals surface area contributed by atoms with Crippen molar-refractivity contribution in [3.8, 4) is 0 Å². The summed E-state index contributed by atoms with van der Waals surface area (Å²) in [5, 5.41) is 0. The normalized spacial score (nSPS) is 12.2. The summed E-state index contributed by atoms with van der Waals surface area (Å²) in [5.41, 5.74) is 8.39. The van der Waals surface area contributed by atoms with Crippen LogP contribution in [0.2, 0.25) is 0 Å². The SMILES string of the molecule is CCCC[C@H](N)C(=O)N(CC)Cc1ccccc1C. The minimum atomic E-state index is -0.357. The maximum absolute atomic E-state index is 12.3. The second kappa shape index (κ2) is 7.95. The molecule has 1 rings (SSSR count). The standard InChI is InChI=1S/C16H26N2O/c1-4-6-11-15(17)16(19)18(5-2)12-14-10-8-7-9-13(14)3/h7-10,15H,4-6,11-12,17H2,1-3H3/t15-/m0/s1. The van der Waals surface area contributed by atoms with E-state index in [0.717, 1.165) is 19.3 Å². The van der Waals surface area contributed by atoms with Crippen LogP contribution in [0.5, 0.6) is 0 Å². The molecule has 0 fully saturated rings. The Kier molecular flexibility index (Phi) is 6.57. The van der Waals surface area contributed by atoms with Gasteiger partial charge in [0.25, 0.3) is 0 Å². The van der Waals surface area contributed by atoms with Crippen molar-refractivity contribution in [3.63, 3.8) is 0 Å². The molecule has 0 spiro atoms. The summed E-state index contributed by atoms with van der Waals surface area (Å²) < 4.78 is 0. The van der Waals surface area contributed by atoms with Crippen LogP contribution < -0.4 is 5.73 Å². The van der Waals surface area contributed by atoms with Crippen LogP contribution in [-0.2, 0) is 11.3 Å². The number of carbonyl (C=O) groups excluding carboxylic acids is 1. The van der Waals surface area contributed by atoms with Gasteiger partial charge in [-0.2, -0.15) is 0 Å². The van der Waals surface area contributed by atoms with E-state index in [9.17, 15) is 4.79 Å². The number of nitrogens with zero attached hydrogens (tertiary/aromatic N) is 1. The fourth-order valence-electron chi connectivity index (χ4n) is 2.12. The molecular weight excluding hydrogens is 236 g/mol. The van der Waals surface area contributed by atoms with Gasteiger partial charge in [0.05, 0.1) is 6.04 Å². The van der Waals surface area contributed by atoms with E-state index in [0.29, 0.717) is 13.1 Å². The first-order valence-corrected chi connectivity index (χ1v) is 7.19. The van der Waals surface area contributed by atoms with E-state index in [1.54, 1.807) is 0 Å². The third-order valence-electron chi connectivity index (χ3n) is 3.50. The second-order valence-corrected chi connectivity index (χ2v) is 5.03. The second-order valence-electron chi connectivity index (χ2n) is 5.03. The highest BCUT2D eigenvalue weighted by molar-refractivity contribution is 5.81. The van der Waals surface area contributed by atoms with E-state index in [1.165, 1.54) is 11.1 Å². The van der Waals surface area contributed by atoms with E-state index in [-0.39, 0.29) is 11.9 Å². The largest absolute Gasteiger partial charge is 0.337 e. The van der Waals surface area contributed by atoms with Crippen molar-refractivity contribution < 1.29 is 4.79 Å². The highest BCUT2D eigenvalue weighted by Gasteiger charge is 2.19. The molecule has 0 aliphatic rings. The average molecular weight is 262 g/mol. The fraction of sp³-hybridized carbons (Fsp3) is 0.562. The Hall–Kier alpha value is -1.35. The maximum Gasteiger partial charge on any atom is 0.239 e. The zero-order valence-corrected chi connectivity index (χ0v) is 12.4. The molecule has 2 N–H and O–H groups in total. The van der Waals surface area contributed by atoms with Crippen LogP contribution in [0.1, 0.15) is 44.2 Å². The van der Waals surface area contributed by atoms with Gasteiger partial charge in [0, 0.05) is 13.1 Å². The maximum atomic E-state index is 12.3. The Morgan fingerprint density at radius 1 is 1.32 bits per heavy atom. The van der Waals surface area contributed by atoms with Gasteiger partial charge in [-0.3, -0.25) is 4.79 Å². The van der Waals surface area contributed by atoms with E-state index < -0.39 is 0 Å².